The van der Waals surface area contributed by atoms with Crippen LogP contribution >= 0.6 is 35.3 Å². The number of thiazole rings is 1. The predicted molar refractivity (Wildman–Crippen MR) is 123 cm³/mol. The molecule has 0 fully saturated rings. The predicted octanol–water partition coefficient (Wildman–Crippen LogP) is 3.57. The number of hydrogen-bond acceptors (Lipinski definition) is 4. The van der Waals surface area contributed by atoms with Crippen LogP contribution in [0.2, 0.25) is 0 Å². The molecule has 0 amide bonds. The Balaban J connectivity index is 0.00000338. The van der Waals surface area contributed by atoms with Crippen molar-refractivity contribution in [3.63, 3.8) is 0 Å². The van der Waals surface area contributed by atoms with E-state index in [9.17, 15) is 0 Å². The fourth-order valence-corrected chi connectivity index (χ4v) is 3.53. The van der Waals surface area contributed by atoms with Crippen LogP contribution in [0.5, 0.6) is 0 Å². The van der Waals surface area contributed by atoms with Crippen molar-refractivity contribution in [1.82, 2.24) is 20.5 Å². The maximum Gasteiger partial charge on any atom is 0.191 e. The van der Waals surface area contributed by atoms with E-state index in [0.717, 1.165) is 49.3 Å². The summed E-state index contributed by atoms with van der Waals surface area (Å²) in [5, 5.41) is 7.86. The van der Waals surface area contributed by atoms with E-state index < -0.39 is 0 Å². The molecule has 0 atom stereocenters. The number of nitrogens with one attached hydrogen (secondary N) is 2. The summed E-state index contributed by atoms with van der Waals surface area (Å²) < 4.78 is 0. The lowest BCUT2D eigenvalue weighted by atomic mass is 10.2. The zero-order valence-corrected chi connectivity index (χ0v) is 19.2. The fourth-order valence-electron chi connectivity index (χ4n) is 2.65. The average molecular weight is 487 g/mol. The number of rotatable bonds is 8. The third-order valence-electron chi connectivity index (χ3n) is 3.94. The molecule has 0 aliphatic carbocycles. The molecule has 0 spiro atoms. The zero-order valence-electron chi connectivity index (χ0n) is 16.1. The Morgan fingerprint density at radius 2 is 1.92 bits per heavy atom. The van der Waals surface area contributed by atoms with E-state index in [-0.39, 0.29) is 24.0 Å². The van der Waals surface area contributed by atoms with Crippen LogP contribution in [0, 0.1) is 13.8 Å². The Hall–Kier alpha value is -1.19. The van der Waals surface area contributed by atoms with Gasteiger partial charge in [-0.2, -0.15) is 0 Å². The van der Waals surface area contributed by atoms with E-state index >= 15 is 0 Å². The summed E-state index contributed by atoms with van der Waals surface area (Å²) in [6, 6.07) is 10.6. The molecule has 0 bridgehead atoms. The van der Waals surface area contributed by atoms with E-state index in [0.29, 0.717) is 0 Å². The molecule has 2 aromatic rings. The molecule has 0 unspecified atom stereocenters. The SMILES string of the molecule is CN=C(NCCCN(C)Cc1ccccc1)NCc1sc(C)nc1C.I. The number of aryl methyl sites for hydroxylation is 2. The molecule has 0 saturated heterocycles. The molecule has 0 aliphatic rings. The summed E-state index contributed by atoms with van der Waals surface area (Å²) in [6.07, 6.45) is 1.07. The lowest BCUT2D eigenvalue weighted by Gasteiger charge is -2.17. The minimum Gasteiger partial charge on any atom is -0.356 e. The Labute approximate surface area is 178 Å². The quantitative estimate of drug-likeness (QED) is 0.259. The molecule has 144 valence electrons. The molecule has 2 rings (SSSR count). The molecule has 0 aliphatic heterocycles. The molecule has 0 saturated carbocycles. The Morgan fingerprint density at radius 3 is 2.54 bits per heavy atom. The van der Waals surface area contributed by atoms with Crippen molar-refractivity contribution in [2.24, 2.45) is 4.99 Å². The summed E-state index contributed by atoms with van der Waals surface area (Å²) in [5.74, 6) is 0.844. The summed E-state index contributed by atoms with van der Waals surface area (Å²) >= 11 is 1.74. The molecular weight excluding hydrogens is 457 g/mol. The van der Waals surface area contributed by atoms with E-state index in [4.69, 9.17) is 0 Å². The van der Waals surface area contributed by atoms with Gasteiger partial charge < -0.3 is 15.5 Å². The van der Waals surface area contributed by atoms with Crippen molar-refractivity contribution >= 4 is 41.3 Å². The fraction of sp³-hybridized carbons (Fsp3) is 0.474. The Morgan fingerprint density at radius 1 is 1.19 bits per heavy atom. The first-order valence-corrected chi connectivity index (χ1v) is 9.50. The topological polar surface area (TPSA) is 52.6 Å². The second kappa shape index (κ2) is 12.2. The van der Waals surface area contributed by atoms with E-state index in [1.807, 2.05) is 14.0 Å². The highest BCUT2D eigenvalue weighted by Gasteiger charge is 2.06. The minimum absolute atomic E-state index is 0. The van der Waals surface area contributed by atoms with Crippen LogP contribution in [0.15, 0.2) is 35.3 Å². The number of aromatic nitrogens is 1. The van der Waals surface area contributed by atoms with Gasteiger partial charge >= 0.3 is 0 Å². The maximum atomic E-state index is 4.46. The highest BCUT2D eigenvalue weighted by Crippen LogP contribution is 2.16. The summed E-state index contributed by atoms with van der Waals surface area (Å²) in [5.41, 5.74) is 2.46. The molecule has 5 nitrogen and oxygen atoms in total. The van der Waals surface area contributed by atoms with Gasteiger partial charge in [-0.3, -0.25) is 4.99 Å². The largest absolute Gasteiger partial charge is 0.356 e. The van der Waals surface area contributed by atoms with E-state index in [1.54, 1.807) is 11.3 Å². The van der Waals surface area contributed by atoms with E-state index in [2.05, 4.69) is 69.8 Å². The number of hydrogen-bond donors (Lipinski definition) is 2. The first kappa shape index (κ1) is 22.9. The van der Waals surface area contributed by atoms with Crippen LogP contribution in [-0.4, -0.2) is 43.0 Å². The standard InChI is InChI=1S/C19H29N5S.HI/c1-15-18(25-16(2)23-15)13-22-19(20-3)21-11-8-12-24(4)14-17-9-6-5-7-10-17;/h5-7,9-10H,8,11-14H2,1-4H3,(H2,20,21,22);1H. The van der Waals surface area contributed by atoms with Gasteiger partial charge in [0.1, 0.15) is 0 Å². The molecule has 0 radical (unpaired) electrons. The van der Waals surface area contributed by atoms with Crippen LogP contribution in [0.1, 0.15) is 27.6 Å². The first-order valence-electron chi connectivity index (χ1n) is 8.68. The zero-order chi connectivity index (χ0) is 18.1. The van der Waals surface area contributed by atoms with E-state index in [1.165, 1.54) is 10.4 Å². The molecular formula is C19H30IN5S. The number of aliphatic imine (C=N–C) groups is 1. The van der Waals surface area contributed by atoms with Gasteiger partial charge in [-0.05, 0) is 39.4 Å². The van der Waals surface area contributed by atoms with Crippen molar-refractivity contribution < 1.29 is 0 Å². The molecule has 1 aromatic heterocycles. The van der Waals surface area contributed by atoms with Gasteiger partial charge in [0, 0.05) is 25.0 Å². The van der Waals surface area contributed by atoms with Gasteiger partial charge in [-0.1, -0.05) is 30.3 Å². The van der Waals surface area contributed by atoms with Gasteiger partial charge in [-0.25, -0.2) is 4.98 Å². The summed E-state index contributed by atoms with van der Waals surface area (Å²) in [4.78, 5) is 12.4. The van der Waals surface area contributed by atoms with Gasteiger partial charge in [0.25, 0.3) is 0 Å². The van der Waals surface area contributed by atoms with Crippen molar-refractivity contribution in [3.05, 3.63) is 51.5 Å². The second-order valence-electron chi connectivity index (χ2n) is 6.17. The van der Waals surface area contributed by atoms with Crippen LogP contribution in [0.4, 0.5) is 0 Å². The van der Waals surface area contributed by atoms with Gasteiger partial charge in [0.15, 0.2) is 5.96 Å². The smallest absolute Gasteiger partial charge is 0.191 e. The molecule has 1 heterocycles. The minimum atomic E-state index is 0. The average Bonchev–Trinajstić information content (AvgIpc) is 2.92. The van der Waals surface area contributed by atoms with Gasteiger partial charge in [-0.15, -0.1) is 35.3 Å². The summed E-state index contributed by atoms with van der Waals surface area (Å²) in [7, 11) is 3.97. The normalized spacial score (nSPS) is 11.3. The third kappa shape index (κ3) is 8.01. The van der Waals surface area contributed by atoms with Gasteiger partial charge in [0.05, 0.1) is 17.2 Å². The van der Waals surface area contributed by atoms with Gasteiger partial charge in [0.2, 0.25) is 0 Å². The number of nitrogens with zero attached hydrogens (tertiary/aromatic N) is 3. The van der Waals surface area contributed by atoms with Crippen molar-refractivity contribution in [3.8, 4) is 0 Å². The van der Waals surface area contributed by atoms with Crippen LogP contribution in [0.25, 0.3) is 0 Å². The molecule has 1 aromatic carbocycles. The summed E-state index contributed by atoms with van der Waals surface area (Å²) in [6.45, 7) is 7.80. The van der Waals surface area contributed by atoms with Crippen molar-refractivity contribution in [2.45, 2.75) is 33.4 Å². The molecule has 2 N–H and O–H groups in total. The highest BCUT2D eigenvalue weighted by atomic mass is 127. The van der Waals surface area contributed by atoms with Crippen LogP contribution in [0.3, 0.4) is 0 Å². The number of guanidine groups is 1. The Kier molecular flexibility index (Phi) is 10.8. The second-order valence-corrected chi connectivity index (χ2v) is 7.46. The molecule has 7 heteroatoms. The third-order valence-corrected chi connectivity index (χ3v) is 5.02. The van der Waals surface area contributed by atoms with Crippen LogP contribution in [-0.2, 0) is 13.1 Å². The monoisotopic (exact) mass is 487 g/mol. The number of benzene rings is 1. The lowest BCUT2D eigenvalue weighted by Crippen LogP contribution is -2.38. The van der Waals surface area contributed by atoms with Crippen LogP contribution < -0.4 is 10.6 Å². The van der Waals surface area contributed by atoms with Crippen molar-refractivity contribution in [2.75, 3.05) is 27.2 Å². The maximum absolute atomic E-state index is 4.46. The number of halogens is 1. The Bertz CT molecular complexity index is 672. The molecule has 26 heavy (non-hydrogen) atoms. The highest BCUT2D eigenvalue weighted by molar-refractivity contribution is 14.0. The first-order chi connectivity index (χ1) is 12.1. The lowest BCUT2D eigenvalue weighted by molar-refractivity contribution is 0.322. The van der Waals surface area contributed by atoms with Crippen molar-refractivity contribution in [1.29, 1.82) is 0 Å².